The average molecular weight is 289 g/mol. The molecule has 0 radical (unpaired) electrons. The van der Waals surface area contributed by atoms with Gasteiger partial charge < -0.3 is 25.4 Å². The summed E-state index contributed by atoms with van der Waals surface area (Å²) in [7, 11) is 1.62. The first-order valence-electron chi connectivity index (χ1n) is 6.63. The van der Waals surface area contributed by atoms with Crippen LogP contribution in [0.4, 0.5) is 0 Å². The summed E-state index contributed by atoms with van der Waals surface area (Å²) in [5, 5.41) is 31.8. The van der Waals surface area contributed by atoms with Crippen LogP contribution in [-0.2, 0) is 6.54 Å². The highest BCUT2D eigenvalue weighted by molar-refractivity contribution is 5.53. The minimum Gasteiger partial charge on any atom is -0.504 e. The lowest BCUT2D eigenvalue weighted by Crippen LogP contribution is -2.18. The topological polar surface area (TPSA) is 82.0 Å². The molecule has 0 aliphatic carbocycles. The first-order valence-corrected chi connectivity index (χ1v) is 6.63. The first kappa shape index (κ1) is 15.0. The molecule has 2 aromatic carbocycles. The lowest BCUT2D eigenvalue weighted by molar-refractivity contribution is 0.363. The highest BCUT2D eigenvalue weighted by Crippen LogP contribution is 2.37. The summed E-state index contributed by atoms with van der Waals surface area (Å²) in [5.41, 5.74) is 1.60. The second-order valence-electron chi connectivity index (χ2n) is 4.82. The molecule has 21 heavy (non-hydrogen) atoms. The summed E-state index contributed by atoms with van der Waals surface area (Å²) in [4.78, 5) is 0. The molecule has 0 aromatic heterocycles. The highest BCUT2D eigenvalue weighted by Gasteiger charge is 2.12. The van der Waals surface area contributed by atoms with Crippen LogP contribution in [0.1, 0.15) is 24.1 Å². The first-order chi connectivity index (χ1) is 10.0. The molecule has 2 rings (SSSR count). The summed E-state index contributed by atoms with van der Waals surface area (Å²) in [6, 6.07) is 10.7. The molecule has 0 saturated heterocycles. The van der Waals surface area contributed by atoms with Gasteiger partial charge in [-0.25, -0.2) is 0 Å². The normalized spacial score (nSPS) is 12.1. The Hall–Kier alpha value is -2.40. The van der Waals surface area contributed by atoms with Crippen LogP contribution < -0.4 is 10.1 Å². The molecule has 0 aliphatic heterocycles. The maximum Gasteiger partial charge on any atom is 0.200 e. The van der Waals surface area contributed by atoms with E-state index in [2.05, 4.69) is 5.32 Å². The predicted molar refractivity (Wildman–Crippen MR) is 79.7 cm³/mol. The van der Waals surface area contributed by atoms with Crippen LogP contribution in [0.25, 0.3) is 0 Å². The van der Waals surface area contributed by atoms with Gasteiger partial charge in [0.1, 0.15) is 5.75 Å². The summed E-state index contributed by atoms with van der Waals surface area (Å²) >= 11 is 0. The van der Waals surface area contributed by atoms with Crippen LogP contribution in [0, 0.1) is 0 Å². The number of benzene rings is 2. The molecule has 2 aromatic rings. The van der Waals surface area contributed by atoms with Crippen molar-refractivity contribution in [2.75, 3.05) is 7.11 Å². The molecular weight excluding hydrogens is 270 g/mol. The van der Waals surface area contributed by atoms with E-state index in [-0.39, 0.29) is 17.5 Å². The molecule has 112 valence electrons. The molecule has 5 nitrogen and oxygen atoms in total. The van der Waals surface area contributed by atoms with Gasteiger partial charge in [0.2, 0.25) is 5.75 Å². The van der Waals surface area contributed by atoms with Crippen molar-refractivity contribution < 1.29 is 20.1 Å². The van der Waals surface area contributed by atoms with E-state index in [9.17, 15) is 15.3 Å². The number of phenols is 3. The lowest BCUT2D eigenvalue weighted by atomic mass is 10.1. The number of phenolic OH excluding ortho intramolecular Hbond substituents is 3. The van der Waals surface area contributed by atoms with Crippen LogP contribution in [0.5, 0.6) is 23.0 Å². The quantitative estimate of drug-likeness (QED) is 0.636. The maximum atomic E-state index is 9.76. The molecule has 0 spiro atoms. The summed E-state index contributed by atoms with van der Waals surface area (Å²) < 4.78 is 5.11. The molecule has 0 unspecified atom stereocenters. The van der Waals surface area contributed by atoms with E-state index >= 15 is 0 Å². The Kier molecular flexibility index (Phi) is 4.55. The third kappa shape index (κ3) is 3.38. The second kappa shape index (κ2) is 6.37. The van der Waals surface area contributed by atoms with Gasteiger partial charge in [-0.15, -0.1) is 0 Å². The van der Waals surface area contributed by atoms with Crippen molar-refractivity contribution in [3.05, 3.63) is 47.5 Å². The Morgan fingerprint density at radius 3 is 2.29 bits per heavy atom. The van der Waals surface area contributed by atoms with E-state index in [1.807, 2.05) is 31.2 Å². The summed E-state index contributed by atoms with van der Waals surface area (Å²) in [6.07, 6.45) is 0. The lowest BCUT2D eigenvalue weighted by Gasteiger charge is -2.16. The third-order valence-corrected chi connectivity index (χ3v) is 3.43. The zero-order valence-corrected chi connectivity index (χ0v) is 12.0. The van der Waals surface area contributed by atoms with Crippen LogP contribution in [0.2, 0.25) is 0 Å². The number of hydrogen-bond donors (Lipinski definition) is 4. The molecule has 0 saturated carbocycles. The fourth-order valence-corrected chi connectivity index (χ4v) is 2.03. The molecule has 0 amide bonds. The van der Waals surface area contributed by atoms with Crippen LogP contribution >= 0.6 is 0 Å². The Morgan fingerprint density at radius 1 is 1.00 bits per heavy atom. The van der Waals surface area contributed by atoms with Crippen LogP contribution in [0.3, 0.4) is 0 Å². The third-order valence-electron chi connectivity index (χ3n) is 3.43. The monoisotopic (exact) mass is 289 g/mol. The smallest absolute Gasteiger partial charge is 0.200 e. The van der Waals surface area contributed by atoms with Gasteiger partial charge in [0, 0.05) is 18.2 Å². The average Bonchev–Trinajstić information content (AvgIpc) is 2.52. The highest BCUT2D eigenvalue weighted by atomic mass is 16.5. The maximum absolute atomic E-state index is 9.76. The molecule has 0 heterocycles. The molecule has 4 N–H and O–H groups in total. The SMILES string of the molecule is COc1ccc([C@H](C)NCc2ccc(O)c(O)c2O)cc1. The molecule has 0 aliphatic rings. The largest absolute Gasteiger partial charge is 0.504 e. The summed E-state index contributed by atoms with van der Waals surface area (Å²) in [5.74, 6) is -0.331. The molecule has 0 bridgehead atoms. The molecule has 0 fully saturated rings. The second-order valence-corrected chi connectivity index (χ2v) is 4.82. The number of aromatic hydroxyl groups is 3. The van der Waals surface area contributed by atoms with Crippen molar-refractivity contribution in [1.29, 1.82) is 0 Å². The van der Waals surface area contributed by atoms with E-state index in [0.717, 1.165) is 11.3 Å². The van der Waals surface area contributed by atoms with Crippen LogP contribution in [-0.4, -0.2) is 22.4 Å². The van der Waals surface area contributed by atoms with Gasteiger partial charge in [-0.2, -0.15) is 0 Å². The van der Waals surface area contributed by atoms with E-state index < -0.39 is 5.75 Å². The van der Waals surface area contributed by atoms with Crippen molar-refractivity contribution in [2.24, 2.45) is 0 Å². The Morgan fingerprint density at radius 2 is 1.67 bits per heavy atom. The minimum absolute atomic E-state index is 0.0613. The van der Waals surface area contributed by atoms with E-state index in [0.29, 0.717) is 12.1 Å². The van der Waals surface area contributed by atoms with Crippen molar-refractivity contribution in [1.82, 2.24) is 5.32 Å². The zero-order chi connectivity index (χ0) is 15.4. The fraction of sp³-hybridized carbons (Fsp3) is 0.250. The van der Waals surface area contributed by atoms with Gasteiger partial charge in [0.05, 0.1) is 7.11 Å². The number of hydrogen-bond acceptors (Lipinski definition) is 5. The predicted octanol–water partition coefficient (Wildman–Crippen LogP) is 2.66. The Balaban J connectivity index is 2.03. The molecular formula is C16H19NO4. The standard InChI is InChI=1S/C16H19NO4/c1-10(11-3-6-13(21-2)7-4-11)17-9-12-5-8-14(18)16(20)15(12)19/h3-8,10,17-20H,9H2,1-2H3/t10-/m0/s1. The number of nitrogens with one attached hydrogen (secondary N) is 1. The van der Waals surface area contributed by atoms with Crippen molar-refractivity contribution in [2.45, 2.75) is 19.5 Å². The molecule has 1 atom stereocenters. The number of rotatable bonds is 5. The van der Waals surface area contributed by atoms with Crippen molar-refractivity contribution in [3.8, 4) is 23.0 Å². The Bertz CT molecular complexity index is 610. The van der Waals surface area contributed by atoms with E-state index in [4.69, 9.17) is 4.74 Å². The van der Waals surface area contributed by atoms with Crippen molar-refractivity contribution >= 4 is 0 Å². The van der Waals surface area contributed by atoms with Gasteiger partial charge in [-0.05, 0) is 30.7 Å². The fourth-order valence-electron chi connectivity index (χ4n) is 2.03. The van der Waals surface area contributed by atoms with E-state index in [1.54, 1.807) is 13.2 Å². The van der Waals surface area contributed by atoms with Gasteiger partial charge in [-0.3, -0.25) is 0 Å². The number of methoxy groups -OCH3 is 1. The minimum atomic E-state index is -0.494. The van der Waals surface area contributed by atoms with Gasteiger partial charge in [-0.1, -0.05) is 18.2 Å². The zero-order valence-electron chi connectivity index (χ0n) is 12.0. The molecule has 5 heteroatoms. The Labute approximate surface area is 123 Å². The van der Waals surface area contributed by atoms with Gasteiger partial charge >= 0.3 is 0 Å². The van der Waals surface area contributed by atoms with E-state index in [1.165, 1.54) is 6.07 Å². The van der Waals surface area contributed by atoms with Gasteiger partial charge in [0.25, 0.3) is 0 Å². The van der Waals surface area contributed by atoms with Gasteiger partial charge in [0.15, 0.2) is 11.5 Å². The number of ether oxygens (including phenoxy) is 1. The van der Waals surface area contributed by atoms with Crippen LogP contribution in [0.15, 0.2) is 36.4 Å². The summed E-state index contributed by atoms with van der Waals surface area (Å²) in [6.45, 7) is 2.37. The van der Waals surface area contributed by atoms with Crippen molar-refractivity contribution in [3.63, 3.8) is 0 Å².